The van der Waals surface area contributed by atoms with Crippen molar-refractivity contribution in [1.82, 2.24) is 19.2 Å². The highest BCUT2D eigenvalue weighted by Gasteiger charge is 2.36. The smallest absolute Gasteiger partial charge is 0.323 e. The average Bonchev–Trinajstić information content (AvgIpc) is 3.59. The molecule has 1 N–H and O–H groups in total. The van der Waals surface area contributed by atoms with Crippen molar-refractivity contribution in [3.63, 3.8) is 0 Å². The number of nitrogens with one attached hydrogen (secondary N) is 1. The van der Waals surface area contributed by atoms with Gasteiger partial charge in [-0.15, -0.1) is 0 Å². The van der Waals surface area contributed by atoms with Crippen LogP contribution in [0.2, 0.25) is 0 Å². The summed E-state index contributed by atoms with van der Waals surface area (Å²) in [6, 6.07) is 29.9. The van der Waals surface area contributed by atoms with Gasteiger partial charge in [0.25, 0.3) is 0 Å². The van der Waals surface area contributed by atoms with E-state index < -0.39 is 0 Å². The minimum absolute atomic E-state index is 0.204. The molecule has 0 radical (unpaired) electrons. The highest BCUT2D eigenvalue weighted by atomic mass is 16.5. The first-order valence-corrected chi connectivity index (χ1v) is 13.8. The Labute approximate surface area is 234 Å². The summed E-state index contributed by atoms with van der Waals surface area (Å²) in [5.41, 5.74) is 6.92. The molecule has 0 saturated heterocycles. The summed E-state index contributed by atoms with van der Waals surface area (Å²) in [5, 5.41) is 8.18. The highest BCUT2D eigenvalue weighted by Crippen LogP contribution is 2.39. The minimum atomic E-state index is -0.322. The van der Waals surface area contributed by atoms with Crippen LogP contribution < -0.4 is 10.1 Å². The van der Waals surface area contributed by atoms with E-state index in [1.165, 1.54) is 5.56 Å². The number of hydrogen-bond acceptors (Lipinski definition) is 3. The van der Waals surface area contributed by atoms with E-state index in [0.717, 1.165) is 46.9 Å². The average molecular weight is 532 g/mol. The van der Waals surface area contributed by atoms with Gasteiger partial charge in [-0.25, -0.2) is 9.48 Å². The lowest BCUT2D eigenvalue weighted by Crippen LogP contribution is -2.38. The number of hydrogen-bond donors (Lipinski definition) is 1. The molecule has 0 spiro atoms. The number of urea groups is 1. The maximum Gasteiger partial charge on any atom is 0.323 e. The van der Waals surface area contributed by atoms with Gasteiger partial charge in [0.1, 0.15) is 11.6 Å². The third-order valence-electron chi connectivity index (χ3n) is 7.62. The van der Waals surface area contributed by atoms with Gasteiger partial charge in [0.15, 0.2) is 0 Å². The van der Waals surface area contributed by atoms with Crippen LogP contribution in [0.4, 0.5) is 10.5 Å². The summed E-state index contributed by atoms with van der Waals surface area (Å²) in [4.78, 5) is 16.2. The number of carbonyl (C=O) groups is 1. The van der Waals surface area contributed by atoms with Crippen LogP contribution in [0, 0.1) is 0 Å². The maximum atomic E-state index is 14.2. The van der Waals surface area contributed by atoms with E-state index in [0.29, 0.717) is 18.0 Å². The Balaban J connectivity index is 1.54. The molecular weight excluding hydrogens is 498 g/mol. The lowest BCUT2D eigenvalue weighted by molar-refractivity contribution is 0.194. The monoisotopic (exact) mass is 531 g/mol. The second-order valence-corrected chi connectivity index (χ2v) is 9.91. The quantitative estimate of drug-likeness (QED) is 0.258. The van der Waals surface area contributed by atoms with Gasteiger partial charge in [-0.2, -0.15) is 5.10 Å². The summed E-state index contributed by atoms with van der Waals surface area (Å²) < 4.78 is 9.74. The maximum absolute atomic E-state index is 14.2. The van der Waals surface area contributed by atoms with Crippen LogP contribution >= 0.6 is 0 Å². The molecule has 7 heteroatoms. The fourth-order valence-electron chi connectivity index (χ4n) is 5.57. The molecule has 0 unspecified atom stereocenters. The van der Waals surface area contributed by atoms with Crippen molar-refractivity contribution in [3.8, 4) is 17.3 Å². The third-order valence-corrected chi connectivity index (χ3v) is 7.62. The number of aryl methyl sites for hydroxylation is 2. The predicted octanol–water partition coefficient (Wildman–Crippen LogP) is 6.93. The Morgan fingerprint density at radius 3 is 2.40 bits per heavy atom. The SMILES string of the molecule is CCc1ccc([C@H]2c3cccn3-c3c(c(CC)nn3-c3ccccc3)CN2C(=O)Nc2ccccc2OC)cc1. The van der Waals surface area contributed by atoms with E-state index in [-0.39, 0.29) is 12.1 Å². The molecule has 0 fully saturated rings. The van der Waals surface area contributed by atoms with Gasteiger partial charge in [0, 0.05) is 11.8 Å². The van der Waals surface area contributed by atoms with Crippen molar-refractivity contribution in [2.45, 2.75) is 39.3 Å². The number of fused-ring (bicyclic) bond motifs is 3. The number of aromatic nitrogens is 3. The van der Waals surface area contributed by atoms with Gasteiger partial charge < -0.3 is 19.5 Å². The van der Waals surface area contributed by atoms with E-state index in [1.54, 1.807) is 7.11 Å². The molecule has 40 heavy (non-hydrogen) atoms. The molecule has 2 amide bonds. The summed E-state index contributed by atoms with van der Waals surface area (Å²) in [6.45, 7) is 4.66. The molecule has 6 rings (SSSR count). The van der Waals surface area contributed by atoms with Gasteiger partial charge in [-0.1, -0.05) is 68.4 Å². The van der Waals surface area contributed by atoms with Crippen LogP contribution in [-0.2, 0) is 19.4 Å². The highest BCUT2D eigenvalue weighted by molar-refractivity contribution is 5.91. The Morgan fingerprint density at radius 2 is 1.68 bits per heavy atom. The number of amides is 2. The van der Waals surface area contributed by atoms with E-state index >= 15 is 0 Å². The van der Waals surface area contributed by atoms with Crippen LogP contribution in [0.1, 0.15) is 48.0 Å². The van der Waals surface area contributed by atoms with Gasteiger partial charge in [0.2, 0.25) is 0 Å². The molecule has 3 aromatic carbocycles. The Hall–Kier alpha value is -4.78. The van der Waals surface area contributed by atoms with Crippen LogP contribution in [-0.4, -0.2) is 32.4 Å². The number of ether oxygens (including phenoxy) is 1. The van der Waals surface area contributed by atoms with Crippen LogP contribution in [0.15, 0.2) is 97.2 Å². The fraction of sp³-hybridized carbons (Fsp3) is 0.212. The Morgan fingerprint density at radius 1 is 0.925 bits per heavy atom. The first-order chi connectivity index (χ1) is 19.6. The van der Waals surface area contributed by atoms with Gasteiger partial charge in [-0.3, -0.25) is 0 Å². The zero-order chi connectivity index (χ0) is 27.6. The third kappa shape index (κ3) is 4.43. The lowest BCUT2D eigenvalue weighted by atomic mass is 9.99. The second-order valence-electron chi connectivity index (χ2n) is 9.91. The van der Waals surface area contributed by atoms with E-state index in [1.807, 2.05) is 58.1 Å². The normalized spacial score (nSPS) is 14.3. The molecular formula is C33H33N5O2. The van der Waals surface area contributed by atoms with Crippen molar-refractivity contribution < 1.29 is 9.53 Å². The standard InChI is InChI=1S/C33H33N5O2/c1-4-23-17-19-24(20-18-23)31-29-15-11-21-36(29)32-26(27(5-2)35-38(32)25-12-7-6-8-13-25)22-37(31)33(39)34-28-14-9-10-16-30(28)40-3/h6-21,31H,4-5,22H2,1-3H3,(H,34,39)/t31-/m0/s1. The van der Waals surface area contributed by atoms with Crippen LogP contribution in [0.3, 0.4) is 0 Å². The van der Waals surface area contributed by atoms with Crippen molar-refractivity contribution >= 4 is 11.7 Å². The number of para-hydroxylation sites is 3. The molecule has 5 aromatic rings. The topological polar surface area (TPSA) is 64.3 Å². The zero-order valence-corrected chi connectivity index (χ0v) is 23.0. The fourth-order valence-corrected chi connectivity index (χ4v) is 5.57. The minimum Gasteiger partial charge on any atom is -0.495 e. The number of methoxy groups -OCH3 is 1. The van der Waals surface area contributed by atoms with Crippen molar-refractivity contribution in [2.24, 2.45) is 0 Å². The summed E-state index contributed by atoms with van der Waals surface area (Å²) in [7, 11) is 1.61. The van der Waals surface area contributed by atoms with Crippen molar-refractivity contribution in [3.05, 3.63) is 125 Å². The van der Waals surface area contributed by atoms with Crippen LogP contribution in [0.5, 0.6) is 5.75 Å². The summed E-state index contributed by atoms with van der Waals surface area (Å²) >= 11 is 0. The molecule has 2 aromatic heterocycles. The zero-order valence-electron chi connectivity index (χ0n) is 23.0. The molecule has 1 aliphatic heterocycles. The molecule has 0 aliphatic carbocycles. The van der Waals surface area contributed by atoms with Crippen molar-refractivity contribution in [1.29, 1.82) is 0 Å². The van der Waals surface area contributed by atoms with Crippen LogP contribution in [0.25, 0.3) is 11.5 Å². The summed E-state index contributed by atoms with van der Waals surface area (Å²) in [5.74, 6) is 1.58. The Kier molecular flexibility index (Phi) is 6.86. The van der Waals surface area contributed by atoms with Gasteiger partial charge in [-0.05, 0) is 60.4 Å². The second kappa shape index (κ2) is 10.8. The molecule has 1 aliphatic rings. The van der Waals surface area contributed by atoms with Gasteiger partial charge in [0.05, 0.1) is 42.5 Å². The molecule has 7 nitrogen and oxygen atoms in total. The number of anilines is 1. The number of carbonyl (C=O) groups excluding carboxylic acids is 1. The first-order valence-electron chi connectivity index (χ1n) is 13.8. The molecule has 3 heterocycles. The largest absolute Gasteiger partial charge is 0.495 e. The van der Waals surface area contributed by atoms with E-state index in [9.17, 15) is 4.79 Å². The molecule has 202 valence electrons. The molecule has 0 bridgehead atoms. The summed E-state index contributed by atoms with van der Waals surface area (Å²) in [6.07, 6.45) is 3.78. The number of rotatable bonds is 6. The number of nitrogens with zero attached hydrogens (tertiary/aromatic N) is 4. The molecule has 1 atom stereocenters. The molecule has 0 saturated carbocycles. The van der Waals surface area contributed by atoms with Gasteiger partial charge >= 0.3 is 6.03 Å². The Bertz CT molecular complexity index is 1640. The van der Waals surface area contributed by atoms with E-state index in [2.05, 4.69) is 72.4 Å². The van der Waals surface area contributed by atoms with Crippen molar-refractivity contribution in [2.75, 3.05) is 12.4 Å². The number of benzene rings is 3. The first kappa shape index (κ1) is 25.5. The lowest BCUT2D eigenvalue weighted by Gasteiger charge is -2.31. The van der Waals surface area contributed by atoms with E-state index in [4.69, 9.17) is 9.84 Å². The predicted molar refractivity (Wildman–Crippen MR) is 157 cm³/mol.